The summed E-state index contributed by atoms with van der Waals surface area (Å²) in [5.74, 6) is 1.59. The van der Waals surface area contributed by atoms with Crippen LogP contribution in [0.4, 0.5) is 21.8 Å². The van der Waals surface area contributed by atoms with E-state index in [9.17, 15) is 9.18 Å². The SMILES string of the molecule is Cc1cccc(Nc2ccc(N3CCN(C(=O)c4ccc(C)c(F)c4)CC3)nn2)n1. The van der Waals surface area contributed by atoms with Crippen molar-refractivity contribution in [1.29, 1.82) is 0 Å². The van der Waals surface area contributed by atoms with E-state index in [-0.39, 0.29) is 11.7 Å². The Hall–Kier alpha value is -3.55. The molecule has 0 saturated carbocycles. The topological polar surface area (TPSA) is 74.2 Å². The number of hydrogen-bond donors (Lipinski definition) is 1. The van der Waals surface area contributed by atoms with Gasteiger partial charge in [0, 0.05) is 37.4 Å². The highest BCUT2D eigenvalue weighted by Crippen LogP contribution is 2.18. The number of carbonyl (C=O) groups is 1. The molecule has 3 aromatic rings. The molecule has 30 heavy (non-hydrogen) atoms. The van der Waals surface area contributed by atoms with Crippen LogP contribution in [0.3, 0.4) is 0 Å². The Labute approximate surface area is 174 Å². The van der Waals surface area contributed by atoms with Gasteiger partial charge >= 0.3 is 0 Å². The third kappa shape index (κ3) is 4.37. The van der Waals surface area contributed by atoms with Gasteiger partial charge in [-0.3, -0.25) is 4.79 Å². The van der Waals surface area contributed by atoms with Crippen LogP contribution in [0.15, 0.2) is 48.5 Å². The molecule has 4 rings (SSSR count). The highest BCUT2D eigenvalue weighted by atomic mass is 19.1. The molecule has 1 amide bonds. The molecule has 2 aromatic heterocycles. The molecule has 0 spiro atoms. The summed E-state index contributed by atoms with van der Waals surface area (Å²) in [6, 6.07) is 14.1. The zero-order valence-corrected chi connectivity index (χ0v) is 17.0. The molecule has 0 atom stereocenters. The molecule has 1 N–H and O–H groups in total. The number of nitrogens with zero attached hydrogens (tertiary/aromatic N) is 5. The van der Waals surface area contributed by atoms with Gasteiger partial charge in [0.2, 0.25) is 0 Å². The fourth-order valence-corrected chi connectivity index (χ4v) is 3.35. The van der Waals surface area contributed by atoms with Crippen LogP contribution in [0, 0.1) is 19.7 Å². The summed E-state index contributed by atoms with van der Waals surface area (Å²) in [5.41, 5.74) is 1.84. The maximum absolute atomic E-state index is 13.8. The van der Waals surface area contributed by atoms with Crippen LogP contribution in [0.25, 0.3) is 0 Å². The molecule has 1 fully saturated rings. The van der Waals surface area contributed by atoms with Crippen LogP contribution in [0.1, 0.15) is 21.6 Å². The molecule has 0 radical (unpaired) electrons. The van der Waals surface area contributed by atoms with Gasteiger partial charge in [-0.2, -0.15) is 0 Å². The molecular formula is C22H23FN6O. The minimum absolute atomic E-state index is 0.148. The number of aryl methyl sites for hydroxylation is 2. The molecule has 0 aliphatic carbocycles. The molecule has 3 heterocycles. The van der Waals surface area contributed by atoms with E-state index in [1.165, 1.54) is 6.07 Å². The minimum Gasteiger partial charge on any atom is -0.352 e. The van der Waals surface area contributed by atoms with Crippen molar-refractivity contribution in [2.24, 2.45) is 0 Å². The number of rotatable bonds is 4. The quantitative estimate of drug-likeness (QED) is 0.716. The molecule has 154 valence electrons. The number of aromatic nitrogens is 3. The van der Waals surface area contributed by atoms with Gasteiger partial charge < -0.3 is 15.1 Å². The highest BCUT2D eigenvalue weighted by molar-refractivity contribution is 5.94. The van der Waals surface area contributed by atoms with Gasteiger partial charge in [0.25, 0.3) is 5.91 Å². The lowest BCUT2D eigenvalue weighted by molar-refractivity contribution is 0.0746. The third-order valence-corrected chi connectivity index (χ3v) is 5.10. The predicted octanol–water partition coefficient (Wildman–Crippen LogP) is 3.33. The smallest absolute Gasteiger partial charge is 0.254 e. The number of benzene rings is 1. The highest BCUT2D eigenvalue weighted by Gasteiger charge is 2.23. The van der Waals surface area contributed by atoms with Crippen molar-refractivity contribution in [3.63, 3.8) is 0 Å². The summed E-state index contributed by atoms with van der Waals surface area (Å²) < 4.78 is 13.8. The van der Waals surface area contributed by atoms with Crippen LogP contribution in [0.5, 0.6) is 0 Å². The van der Waals surface area contributed by atoms with Crippen molar-refractivity contribution >= 4 is 23.4 Å². The van der Waals surface area contributed by atoms with E-state index in [0.717, 1.165) is 17.3 Å². The largest absolute Gasteiger partial charge is 0.352 e. The number of anilines is 3. The molecule has 0 unspecified atom stereocenters. The first-order valence-electron chi connectivity index (χ1n) is 9.84. The van der Waals surface area contributed by atoms with Crippen molar-refractivity contribution < 1.29 is 9.18 Å². The molecule has 1 saturated heterocycles. The van der Waals surface area contributed by atoms with Gasteiger partial charge in [-0.1, -0.05) is 12.1 Å². The molecular weight excluding hydrogens is 383 g/mol. The van der Waals surface area contributed by atoms with Crippen LogP contribution in [0.2, 0.25) is 0 Å². The first-order valence-corrected chi connectivity index (χ1v) is 9.84. The maximum atomic E-state index is 13.8. The second-order valence-electron chi connectivity index (χ2n) is 7.31. The fraction of sp³-hybridized carbons (Fsp3) is 0.273. The Kier molecular flexibility index (Phi) is 5.56. The fourth-order valence-electron chi connectivity index (χ4n) is 3.35. The summed E-state index contributed by atoms with van der Waals surface area (Å²) in [6.45, 7) is 5.98. The number of pyridine rings is 1. The lowest BCUT2D eigenvalue weighted by Crippen LogP contribution is -2.49. The van der Waals surface area contributed by atoms with Gasteiger partial charge in [0.05, 0.1) is 0 Å². The third-order valence-electron chi connectivity index (χ3n) is 5.10. The van der Waals surface area contributed by atoms with Gasteiger partial charge in [-0.15, -0.1) is 10.2 Å². The molecule has 0 bridgehead atoms. The number of carbonyl (C=O) groups excluding carboxylic acids is 1. The Morgan fingerprint density at radius 2 is 1.77 bits per heavy atom. The van der Waals surface area contributed by atoms with E-state index >= 15 is 0 Å². The van der Waals surface area contributed by atoms with E-state index < -0.39 is 0 Å². The van der Waals surface area contributed by atoms with E-state index in [4.69, 9.17) is 0 Å². The van der Waals surface area contributed by atoms with E-state index in [1.807, 2.05) is 37.3 Å². The van der Waals surface area contributed by atoms with Crippen LogP contribution >= 0.6 is 0 Å². The minimum atomic E-state index is -0.357. The lowest BCUT2D eigenvalue weighted by Gasteiger charge is -2.35. The van der Waals surface area contributed by atoms with Crippen molar-refractivity contribution in [3.8, 4) is 0 Å². The summed E-state index contributed by atoms with van der Waals surface area (Å²) in [4.78, 5) is 20.9. The standard InChI is InChI=1S/C22H23FN6O/c1-15-6-7-17(14-18(15)23)22(30)29-12-10-28(11-13-29)21-9-8-20(26-27-21)25-19-5-3-4-16(2)24-19/h3-9,14H,10-13H2,1-2H3,(H,24,25,26). The van der Waals surface area contributed by atoms with E-state index in [0.29, 0.717) is 43.1 Å². The van der Waals surface area contributed by atoms with E-state index in [2.05, 4.69) is 25.4 Å². The number of halogens is 1. The number of hydrogen-bond acceptors (Lipinski definition) is 6. The lowest BCUT2D eigenvalue weighted by atomic mass is 10.1. The first kappa shape index (κ1) is 19.8. The van der Waals surface area contributed by atoms with Crippen LogP contribution < -0.4 is 10.2 Å². The monoisotopic (exact) mass is 406 g/mol. The van der Waals surface area contributed by atoms with E-state index in [1.54, 1.807) is 24.0 Å². The van der Waals surface area contributed by atoms with Crippen molar-refractivity contribution in [3.05, 3.63) is 71.2 Å². The maximum Gasteiger partial charge on any atom is 0.254 e. The number of piperazine rings is 1. The van der Waals surface area contributed by atoms with Gasteiger partial charge in [-0.25, -0.2) is 9.37 Å². The molecule has 1 aliphatic heterocycles. The zero-order valence-electron chi connectivity index (χ0n) is 17.0. The second-order valence-corrected chi connectivity index (χ2v) is 7.31. The van der Waals surface area contributed by atoms with Crippen LogP contribution in [-0.4, -0.2) is 52.2 Å². The number of amides is 1. The van der Waals surface area contributed by atoms with Crippen molar-refractivity contribution in [2.75, 3.05) is 36.4 Å². The average Bonchev–Trinajstić information content (AvgIpc) is 2.76. The van der Waals surface area contributed by atoms with Crippen LogP contribution in [-0.2, 0) is 0 Å². The Morgan fingerprint density at radius 3 is 2.43 bits per heavy atom. The van der Waals surface area contributed by atoms with Gasteiger partial charge in [-0.05, 0) is 55.8 Å². The summed E-state index contributed by atoms with van der Waals surface area (Å²) in [7, 11) is 0. The van der Waals surface area contributed by atoms with Crippen molar-refractivity contribution in [2.45, 2.75) is 13.8 Å². The van der Waals surface area contributed by atoms with Gasteiger partial charge in [0.15, 0.2) is 11.6 Å². The Morgan fingerprint density at radius 1 is 0.967 bits per heavy atom. The Balaban J connectivity index is 1.35. The zero-order chi connectivity index (χ0) is 21.1. The molecule has 1 aromatic carbocycles. The molecule has 8 heteroatoms. The van der Waals surface area contributed by atoms with Gasteiger partial charge in [0.1, 0.15) is 11.6 Å². The second kappa shape index (κ2) is 8.44. The normalized spacial score (nSPS) is 14.0. The predicted molar refractivity (Wildman–Crippen MR) is 114 cm³/mol. The number of nitrogens with one attached hydrogen (secondary N) is 1. The molecule has 1 aliphatic rings. The Bertz CT molecular complexity index is 1050. The first-order chi connectivity index (χ1) is 14.5. The molecule has 7 nitrogen and oxygen atoms in total. The summed E-state index contributed by atoms with van der Waals surface area (Å²) >= 11 is 0. The summed E-state index contributed by atoms with van der Waals surface area (Å²) in [6.07, 6.45) is 0. The average molecular weight is 406 g/mol. The van der Waals surface area contributed by atoms with Crippen molar-refractivity contribution in [1.82, 2.24) is 20.1 Å². The summed E-state index contributed by atoms with van der Waals surface area (Å²) in [5, 5.41) is 11.7.